The van der Waals surface area contributed by atoms with E-state index >= 15 is 0 Å². The Morgan fingerprint density at radius 3 is 2.65 bits per heavy atom. The van der Waals surface area contributed by atoms with Crippen LogP contribution in [0, 0.1) is 13.8 Å². The van der Waals surface area contributed by atoms with Crippen LogP contribution in [0.15, 0.2) is 72.6 Å². The number of aryl methyl sites for hydroxylation is 2. The highest BCUT2D eigenvalue weighted by Crippen LogP contribution is 2.27. The van der Waals surface area contributed by atoms with E-state index in [1.165, 1.54) is 11.3 Å². The molecule has 0 fully saturated rings. The maximum atomic E-state index is 12.9. The van der Waals surface area contributed by atoms with E-state index in [-0.39, 0.29) is 5.91 Å². The van der Waals surface area contributed by atoms with Gasteiger partial charge in [-0.15, -0.1) is 11.3 Å². The molecular formula is C27H23N7O2S. The molecule has 1 amide bonds. The predicted molar refractivity (Wildman–Crippen MR) is 144 cm³/mol. The normalized spacial score (nSPS) is 10.7. The van der Waals surface area contributed by atoms with Crippen LogP contribution in [-0.2, 0) is 0 Å². The second kappa shape index (κ2) is 10.5. The molecule has 0 aliphatic heterocycles. The van der Waals surface area contributed by atoms with Crippen molar-refractivity contribution in [3.8, 4) is 27.6 Å². The van der Waals surface area contributed by atoms with E-state index in [9.17, 15) is 4.79 Å². The highest BCUT2D eigenvalue weighted by Gasteiger charge is 2.14. The van der Waals surface area contributed by atoms with Gasteiger partial charge in [0.2, 0.25) is 5.95 Å². The van der Waals surface area contributed by atoms with Crippen LogP contribution in [0.4, 0.5) is 17.3 Å². The van der Waals surface area contributed by atoms with Crippen LogP contribution in [-0.4, -0.2) is 37.9 Å². The van der Waals surface area contributed by atoms with Crippen LogP contribution >= 0.6 is 11.3 Å². The molecule has 0 aliphatic rings. The van der Waals surface area contributed by atoms with E-state index in [0.29, 0.717) is 28.8 Å². The zero-order valence-electron chi connectivity index (χ0n) is 20.4. The van der Waals surface area contributed by atoms with E-state index < -0.39 is 0 Å². The summed E-state index contributed by atoms with van der Waals surface area (Å²) >= 11 is 1.42. The summed E-state index contributed by atoms with van der Waals surface area (Å²) in [7, 11) is 1.59. The molecular weight excluding hydrogens is 486 g/mol. The summed E-state index contributed by atoms with van der Waals surface area (Å²) in [4.78, 5) is 34.8. The van der Waals surface area contributed by atoms with Crippen LogP contribution in [0.5, 0.6) is 5.75 Å². The summed E-state index contributed by atoms with van der Waals surface area (Å²) < 4.78 is 5.26. The molecule has 1 aromatic carbocycles. The average molecular weight is 510 g/mol. The van der Waals surface area contributed by atoms with Crippen LogP contribution in [0.1, 0.15) is 21.7 Å². The van der Waals surface area contributed by atoms with Crippen molar-refractivity contribution in [1.29, 1.82) is 0 Å². The quantitative estimate of drug-likeness (QED) is 0.288. The van der Waals surface area contributed by atoms with Crippen molar-refractivity contribution < 1.29 is 9.53 Å². The molecule has 184 valence electrons. The Morgan fingerprint density at radius 2 is 1.81 bits per heavy atom. The summed E-state index contributed by atoms with van der Waals surface area (Å²) in [6.45, 7) is 3.89. The molecule has 0 unspecified atom stereocenters. The van der Waals surface area contributed by atoms with Gasteiger partial charge in [-0.3, -0.25) is 14.8 Å². The number of methoxy groups -OCH3 is 1. The maximum Gasteiger partial charge on any atom is 0.275 e. The van der Waals surface area contributed by atoms with Gasteiger partial charge in [-0.25, -0.2) is 15.0 Å². The number of nitrogens with zero attached hydrogens (tertiary/aromatic N) is 5. The number of hydrogen-bond donors (Lipinski definition) is 2. The third-order valence-corrected chi connectivity index (χ3v) is 6.41. The van der Waals surface area contributed by atoms with Crippen molar-refractivity contribution in [3.63, 3.8) is 0 Å². The van der Waals surface area contributed by atoms with Gasteiger partial charge in [0.1, 0.15) is 16.5 Å². The van der Waals surface area contributed by atoms with E-state index in [1.807, 2.05) is 50.2 Å². The second-order valence-electron chi connectivity index (χ2n) is 8.21. The summed E-state index contributed by atoms with van der Waals surface area (Å²) in [5.41, 5.74) is 6.07. The van der Waals surface area contributed by atoms with E-state index in [0.717, 1.165) is 33.1 Å². The van der Waals surface area contributed by atoms with Gasteiger partial charge in [0.05, 0.1) is 19.0 Å². The third-order valence-electron chi connectivity index (χ3n) is 5.52. The van der Waals surface area contributed by atoms with Gasteiger partial charge in [-0.2, -0.15) is 0 Å². The lowest BCUT2D eigenvalue weighted by Gasteiger charge is -2.12. The fourth-order valence-corrected chi connectivity index (χ4v) is 4.39. The number of ether oxygens (including phenoxy) is 1. The number of rotatable bonds is 7. The Balaban J connectivity index is 1.32. The molecule has 0 saturated heterocycles. The fraction of sp³-hybridized carbons (Fsp3) is 0.111. The van der Waals surface area contributed by atoms with Crippen LogP contribution in [0.3, 0.4) is 0 Å². The molecule has 4 aromatic heterocycles. The van der Waals surface area contributed by atoms with Crippen molar-refractivity contribution in [1.82, 2.24) is 24.9 Å². The highest BCUT2D eigenvalue weighted by molar-refractivity contribution is 7.13. The summed E-state index contributed by atoms with van der Waals surface area (Å²) in [6.07, 6.45) is 6.77. The Morgan fingerprint density at radius 1 is 0.946 bits per heavy atom. The lowest BCUT2D eigenvalue weighted by Crippen LogP contribution is -2.12. The number of anilines is 3. The number of carbonyl (C=O) groups excluding carboxylic acids is 1. The van der Waals surface area contributed by atoms with Crippen molar-refractivity contribution in [2.45, 2.75) is 13.8 Å². The lowest BCUT2D eigenvalue weighted by molar-refractivity contribution is 0.102. The van der Waals surface area contributed by atoms with Crippen molar-refractivity contribution in [2.75, 3.05) is 17.7 Å². The first-order valence-electron chi connectivity index (χ1n) is 11.4. The van der Waals surface area contributed by atoms with Crippen molar-refractivity contribution >= 4 is 34.6 Å². The molecule has 4 heterocycles. The number of pyridine rings is 2. The van der Waals surface area contributed by atoms with E-state index in [4.69, 9.17) is 4.74 Å². The van der Waals surface area contributed by atoms with Gasteiger partial charge in [0.15, 0.2) is 0 Å². The Hall–Kier alpha value is -4.70. The molecule has 37 heavy (non-hydrogen) atoms. The smallest absolute Gasteiger partial charge is 0.275 e. The predicted octanol–water partition coefficient (Wildman–Crippen LogP) is 5.68. The van der Waals surface area contributed by atoms with Gasteiger partial charge in [0, 0.05) is 52.2 Å². The van der Waals surface area contributed by atoms with Gasteiger partial charge >= 0.3 is 0 Å². The topological polar surface area (TPSA) is 115 Å². The molecule has 0 spiro atoms. The molecule has 0 aliphatic carbocycles. The summed E-state index contributed by atoms with van der Waals surface area (Å²) in [5, 5.41) is 8.70. The Bertz CT molecular complexity index is 1580. The first-order chi connectivity index (χ1) is 18.0. The lowest BCUT2D eigenvalue weighted by atomic mass is 10.1. The molecule has 0 saturated carbocycles. The molecule has 5 aromatic rings. The minimum absolute atomic E-state index is 0.285. The van der Waals surface area contributed by atoms with Crippen molar-refractivity contribution in [2.24, 2.45) is 0 Å². The average Bonchev–Trinajstić information content (AvgIpc) is 3.42. The van der Waals surface area contributed by atoms with Crippen LogP contribution in [0.2, 0.25) is 0 Å². The van der Waals surface area contributed by atoms with Gasteiger partial charge in [-0.05, 0) is 55.8 Å². The number of amides is 1. The van der Waals surface area contributed by atoms with Crippen LogP contribution < -0.4 is 15.4 Å². The number of hydrogen-bond acceptors (Lipinski definition) is 9. The first kappa shape index (κ1) is 24.0. The minimum Gasteiger partial charge on any atom is -0.495 e. The molecule has 0 radical (unpaired) electrons. The van der Waals surface area contributed by atoms with E-state index in [1.54, 1.807) is 43.3 Å². The highest BCUT2D eigenvalue weighted by atomic mass is 32.1. The summed E-state index contributed by atoms with van der Waals surface area (Å²) in [6, 6.07) is 13.1. The van der Waals surface area contributed by atoms with Crippen molar-refractivity contribution in [3.05, 3.63) is 89.6 Å². The number of nitrogens with one attached hydrogen (secondary N) is 2. The standard InChI is InChI=1S/C27H23N7O2S/c1-16-4-5-20(31-25(35)24-15-37-26(32-24)18-6-8-29-17(2)10-18)12-23(16)34-27-30-9-7-22(33-27)19-11-21(36-3)14-28-13-19/h4-15H,1-3H3,(H,31,35)(H,30,33,34). The third kappa shape index (κ3) is 5.60. The fourth-order valence-electron chi connectivity index (χ4n) is 3.59. The molecule has 2 N–H and O–H groups in total. The SMILES string of the molecule is COc1cncc(-c2ccnc(Nc3cc(NC(=O)c4csc(-c5ccnc(C)c5)n4)ccc3C)n2)c1. The molecule has 0 bridgehead atoms. The zero-order valence-corrected chi connectivity index (χ0v) is 21.2. The van der Waals surface area contributed by atoms with Gasteiger partial charge < -0.3 is 15.4 Å². The second-order valence-corrected chi connectivity index (χ2v) is 9.07. The first-order valence-corrected chi connectivity index (χ1v) is 12.3. The molecule has 10 heteroatoms. The minimum atomic E-state index is -0.285. The summed E-state index contributed by atoms with van der Waals surface area (Å²) in [5.74, 6) is 0.781. The number of carbonyl (C=O) groups is 1. The molecule has 0 atom stereocenters. The van der Waals surface area contributed by atoms with Gasteiger partial charge in [0.25, 0.3) is 5.91 Å². The number of benzene rings is 1. The Labute approximate surface area is 217 Å². The van der Waals surface area contributed by atoms with Crippen LogP contribution in [0.25, 0.3) is 21.8 Å². The molecule has 5 rings (SSSR count). The largest absolute Gasteiger partial charge is 0.495 e. The number of aromatic nitrogens is 5. The van der Waals surface area contributed by atoms with E-state index in [2.05, 4.69) is 35.6 Å². The number of thiazole rings is 1. The monoisotopic (exact) mass is 509 g/mol. The zero-order chi connectivity index (χ0) is 25.8. The van der Waals surface area contributed by atoms with Gasteiger partial charge in [-0.1, -0.05) is 6.07 Å². The maximum absolute atomic E-state index is 12.9. The Kier molecular flexibility index (Phi) is 6.82. The molecule has 9 nitrogen and oxygen atoms in total.